The van der Waals surface area contributed by atoms with E-state index in [1.807, 2.05) is 11.4 Å². The molecule has 0 aliphatic carbocycles. The fourth-order valence-corrected chi connectivity index (χ4v) is 3.01. The summed E-state index contributed by atoms with van der Waals surface area (Å²) in [6, 6.07) is 3.92. The molecule has 0 spiro atoms. The highest BCUT2D eigenvalue weighted by atomic mass is 79.9. The first-order valence-electron chi connectivity index (χ1n) is 5.07. The second kappa shape index (κ2) is 5.85. The molecule has 0 saturated carbocycles. The molecular weight excluding hydrogens is 359 g/mol. The summed E-state index contributed by atoms with van der Waals surface area (Å²) in [6.45, 7) is 0.373. The van der Waals surface area contributed by atoms with Gasteiger partial charge >= 0.3 is 0 Å². The molecule has 0 saturated heterocycles. The first-order chi connectivity index (χ1) is 8.97. The molecule has 2 rings (SSSR count). The van der Waals surface area contributed by atoms with Crippen molar-refractivity contribution in [2.45, 2.75) is 6.54 Å². The third-order valence-corrected chi connectivity index (χ3v) is 4.30. The number of nitrogens with zero attached hydrogens (tertiary/aromatic N) is 1. The molecule has 1 heterocycles. The van der Waals surface area contributed by atoms with Gasteiger partial charge in [-0.15, -0.1) is 11.3 Å². The van der Waals surface area contributed by atoms with Crippen LogP contribution in [0.15, 0.2) is 28.1 Å². The van der Waals surface area contributed by atoms with Crippen LogP contribution in [0.2, 0.25) is 5.02 Å². The first-order valence-corrected chi connectivity index (χ1v) is 7.12. The van der Waals surface area contributed by atoms with Gasteiger partial charge in [0.15, 0.2) is 0 Å². The summed E-state index contributed by atoms with van der Waals surface area (Å²) in [4.78, 5) is 11.3. The number of hydrogen-bond acceptors (Lipinski definition) is 4. The zero-order chi connectivity index (χ0) is 14.0. The van der Waals surface area contributed by atoms with Crippen LogP contribution < -0.4 is 5.32 Å². The van der Waals surface area contributed by atoms with Crippen molar-refractivity contribution in [1.82, 2.24) is 0 Å². The standard InChI is InChI=1S/C11H7BrClFN2O2S/c12-6-1-7(19-5-6)4-15-10-3-9(14)8(13)2-11(10)16(17)18/h1-3,5,15H,4H2. The average Bonchev–Trinajstić information content (AvgIpc) is 2.76. The number of thiophene rings is 1. The molecule has 1 aromatic carbocycles. The van der Waals surface area contributed by atoms with Crippen molar-refractivity contribution in [2.24, 2.45) is 0 Å². The number of nitro benzene ring substituents is 1. The Kier molecular flexibility index (Phi) is 4.38. The monoisotopic (exact) mass is 364 g/mol. The van der Waals surface area contributed by atoms with Crippen LogP contribution in [0.4, 0.5) is 15.8 Å². The van der Waals surface area contributed by atoms with E-state index in [9.17, 15) is 14.5 Å². The molecule has 0 atom stereocenters. The van der Waals surface area contributed by atoms with Gasteiger partial charge in [-0.25, -0.2) is 4.39 Å². The number of anilines is 1. The van der Waals surface area contributed by atoms with Crippen molar-refractivity contribution in [1.29, 1.82) is 0 Å². The lowest BCUT2D eigenvalue weighted by atomic mass is 10.2. The summed E-state index contributed by atoms with van der Waals surface area (Å²) < 4.78 is 14.3. The lowest BCUT2D eigenvalue weighted by Gasteiger charge is -2.06. The van der Waals surface area contributed by atoms with Gasteiger partial charge in [-0.05, 0) is 22.0 Å². The molecule has 0 amide bonds. The summed E-state index contributed by atoms with van der Waals surface area (Å²) >= 11 is 10.3. The van der Waals surface area contributed by atoms with E-state index in [0.717, 1.165) is 21.5 Å². The topological polar surface area (TPSA) is 55.2 Å². The zero-order valence-corrected chi connectivity index (χ0v) is 12.5. The summed E-state index contributed by atoms with van der Waals surface area (Å²) in [5, 5.41) is 15.4. The molecule has 0 unspecified atom stereocenters. The molecule has 0 fully saturated rings. The number of halogens is 3. The van der Waals surface area contributed by atoms with Gasteiger partial charge in [-0.1, -0.05) is 11.6 Å². The van der Waals surface area contributed by atoms with Crippen LogP contribution in [0.5, 0.6) is 0 Å². The van der Waals surface area contributed by atoms with Crippen LogP contribution in [0.25, 0.3) is 0 Å². The van der Waals surface area contributed by atoms with E-state index in [1.54, 1.807) is 0 Å². The maximum absolute atomic E-state index is 13.4. The highest BCUT2D eigenvalue weighted by Gasteiger charge is 2.17. The molecule has 0 radical (unpaired) electrons. The fourth-order valence-electron chi connectivity index (χ4n) is 1.46. The quantitative estimate of drug-likeness (QED) is 0.624. The van der Waals surface area contributed by atoms with Crippen LogP contribution in [-0.4, -0.2) is 4.92 Å². The number of hydrogen-bond donors (Lipinski definition) is 1. The lowest BCUT2D eigenvalue weighted by molar-refractivity contribution is -0.384. The number of nitro groups is 1. The Balaban J connectivity index is 2.23. The Morgan fingerprint density at radius 1 is 1.47 bits per heavy atom. The predicted molar refractivity (Wildman–Crippen MR) is 77.4 cm³/mol. The smallest absolute Gasteiger partial charge is 0.294 e. The maximum atomic E-state index is 13.4. The molecular formula is C11H7BrClFN2O2S. The Morgan fingerprint density at radius 3 is 2.79 bits per heavy atom. The zero-order valence-electron chi connectivity index (χ0n) is 9.32. The Hall–Kier alpha value is -1.18. The van der Waals surface area contributed by atoms with Gasteiger partial charge in [0.1, 0.15) is 11.5 Å². The summed E-state index contributed by atoms with van der Waals surface area (Å²) in [5.74, 6) is -0.692. The van der Waals surface area contributed by atoms with E-state index in [1.165, 1.54) is 11.3 Å². The van der Waals surface area contributed by atoms with Crippen LogP contribution >= 0.6 is 38.9 Å². The highest BCUT2D eigenvalue weighted by molar-refractivity contribution is 9.10. The normalized spacial score (nSPS) is 10.5. The molecule has 8 heteroatoms. The third-order valence-electron chi connectivity index (χ3n) is 2.31. The van der Waals surface area contributed by atoms with Crippen LogP contribution in [0.3, 0.4) is 0 Å². The Labute approximate surface area is 125 Å². The third kappa shape index (κ3) is 3.43. The van der Waals surface area contributed by atoms with Crippen LogP contribution in [-0.2, 0) is 6.54 Å². The molecule has 0 bridgehead atoms. The molecule has 0 aliphatic heterocycles. The van der Waals surface area contributed by atoms with E-state index >= 15 is 0 Å². The van der Waals surface area contributed by atoms with E-state index in [2.05, 4.69) is 21.2 Å². The van der Waals surface area contributed by atoms with Gasteiger partial charge in [0, 0.05) is 33.4 Å². The predicted octanol–water partition coefficient (Wildman–Crippen LogP) is 4.82. The highest BCUT2D eigenvalue weighted by Crippen LogP contribution is 2.31. The average molecular weight is 366 g/mol. The van der Waals surface area contributed by atoms with Crippen molar-refractivity contribution >= 4 is 50.2 Å². The number of rotatable bonds is 4. The van der Waals surface area contributed by atoms with Crippen molar-refractivity contribution in [3.05, 3.63) is 53.9 Å². The van der Waals surface area contributed by atoms with Crippen molar-refractivity contribution < 1.29 is 9.31 Å². The SMILES string of the molecule is O=[N+]([O-])c1cc(Cl)c(F)cc1NCc1cc(Br)cs1. The van der Waals surface area contributed by atoms with Gasteiger partial charge in [-0.2, -0.15) is 0 Å². The van der Waals surface area contributed by atoms with Gasteiger partial charge in [0.05, 0.1) is 9.95 Å². The largest absolute Gasteiger partial charge is 0.375 e. The van der Waals surface area contributed by atoms with E-state index in [0.29, 0.717) is 6.54 Å². The van der Waals surface area contributed by atoms with E-state index < -0.39 is 10.7 Å². The minimum Gasteiger partial charge on any atom is -0.375 e. The molecule has 1 N–H and O–H groups in total. The molecule has 19 heavy (non-hydrogen) atoms. The van der Waals surface area contributed by atoms with Gasteiger partial charge in [0.25, 0.3) is 5.69 Å². The molecule has 100 valence electrons. The molecule has 1 aromatic heterocycles. The van der Waals surface area contributed by atoms with E-state index in [-0.39, 0.29) is 16.4 Å². The minimum atomic E-state index is -0.692. The van der Waals surface area contributed by atoms with Crippen molar-refractivity contribution in [2.75, 3.05) is 5.32 Å². The molecule has 0 aliphatic rings. The lowest BCUT2D eigenvalue weighted by Crippen LogP contribution is -2.02. The number of nitrogens with one attached hydrogen (secondary N) is 1. The second-order valence-electron chi connectivity index (χ2n) is 3.63. The summed E-state index contributed by atoms with van der Waals surface area (Å²) in [6.07, 6.45) is 0. The van der Waals surface area contributed by atoms with Gasteiger partial charge in [0.2, 0.25) is 0 Å². The van der Waals surface area contributed by atoms with E-state index in [4.69, 9.17) is 11.6 Å². The van der Waals surface area contributed by atoms with Crippen molar-refractivity contribution in [3.63, 3.8) is 0 Å². The number of benzene rings is 1. The van der Waals surface area contributed by atoms with Gasteiger partial charge in [-0.3, -0.25) is 10.1 Å². The summed E-state index contributed by atoms with van der Waals surface area (Å²) in [5.41, 5.74) is -0.140. The maximum Gasteiger partial charge on any atom is 0.294 e. The minimum absolute atomic E-state index is 0.108. The fraction of sp³-hybridized carbons (Fsp3) is 0.0909. The summed E-state index contributed by atoms with van der Waals surface area (Å²) in [7, 11) is 0. The van der Waals surface area contributed by atoms with Gasteiger partial charge < -0.3 is 5.32 Å². The Bertz CT molecular complexity index is 635. The van der Waals surface area contributed by atoms with Crippen molar-refractivity contribution in [3.8, 4) is 0 Å². The molecule has 2 aromatic rings. The van der Waals surface area contributed by atoms with Crippen LogP contribution in [0, 0.1) is 15.9 Å². The first kappa shape index (κ1) is 14.2. The van der Waals surface area contributed by atoms with Crippen LogP contribution in [0.1, 0.15) is 4.88 Å². The second-order valence-corrected chi connectivity index (χ2v) is 5.94. The molecule has 4 nitrogen and oxygen atoms in total. The Morgan fingerprint density at radius 2 is 2.21 bits per heavy atom.